The number of nitrogens with zero attached hydrogens (tertiary/aromatic N) is 2. The fraction of sp³-hybridized carbons (Fsp3) is 0.643. The number of piperidine rings is 1. The van der Waals surface area contributed by atoms with Crippen molar-refractivity contribution in [3.05, 3.63) is 24.1 Å². The standard InChI is InChI=1S/C14H20N2O/c1(5-14-6-8-15-17-14)4-13-11-12-3-2-9-16(13)10-7-12/h1,5-6,8,12-13H,2-4,7,9-11H2/b5-1-. The zero-order chi connectivity index (χ0) is 11.5. The second-order valence-electron chi connectivity index (χ2n) is 5.28. The van der Waals surface area contributed by atoms with E-state index in [-0.39, 0.29) is 0 Å². The monoisotopic (exact) mass is 232 g/mol. The van der Waals surface area contributed by atoms with E-state index in [0.29, 0.717) is 0 Å². The summed E-state index contributed by atoms with van der Waals surface area (Å²) in [4.78, 5) is 2.67. The van der Waals surface area contributed by atoms with Gasteiger partial charge in [0.25, 0.3) is 0 Å². The number of rotatable bonds is 3. The minimum atomic E-state index is 0.760. The highest BCUT2D eigenvalue weighted by Gasteiger charge is 2.30. The maximum Gasteiger partial charge on any atom is 0.159 e. The summed E-state index contributed by atoms with van der Waals surface area (Å²) in [5.74, 6) is 1.84. The van der Waals surface area contributed by atoms with E-state index in [0.717, 1.165) is 24.1 Å². The number of fused-ring (bicyclic) bond motifs is 4. The van der Waals surface area contributed by atoms with Gasteiger partial charge in [0.15, 0.2) is 5.76 Å². The predicted molar refractivity (Wildman–Crippen MR) is 67.5 cm³/mol. The maximum absolute atomic E-state index is 5.06. The van der Waals surface area contributed by atoms with E-state index >= 15 is 0 Å². The van der Waals surface area contributed by atoms with Crippen molar-refractivity contribution in [3.8, 4) is 0 Å². The van der Waals surface area contributed by atoms with Crippen LogP contribution in [-0.2, 0) is 0 Å². The minimum Gasteiger partial charge on any atom is -0.357 e. The van der Waals surface area contributed by atoms with E-state index in [1.807, 2.05) is 12.1 Å². The van der Waals surface area contributed by atoms with Crippen LogP contribution in [0.1, 0.15) is 37.9 Å². The van der Waals surface area contributed by atoms with Crippen molar-refractivity contribution < 1.29 is 4.52 Å². The molecule has 3 heteroatoms. The van der Waals surface area contributed by atoms with Crippen LogP contribution in [0.15, 0.2) is 22.9 Å². The van der Waals surface area contributed by atoms with Crippen molar-refractivity contribution in [2.45, 2.75) is 38.1 Å². The predicted octanol–water partition coefficient (Wildman–Crippen LogP) is 2.95. The van der Waals surface area contributed by atoms with Crippen molar-refractivity contribution in [2.24, 2.45) is 5.92 Å². The van der Waals surface area contributed by atoms with Gasteiger partial charge >= 0.3 is 0 Å². The molecule has 0 aliphatic carbocycles. The fourth-order valence-electron chi connectivity index (χ4n) is 3.22. The maximum atomic E-state index is 5.06. The van der Waals surface area contributed by atoms with Crippen LogP contribution in [0.4, 0.5) is 0 Å². The Morgan fingerprint density at radius 2 is 2.41 bits per heavy atom. The average Bonchev–Trinajstić information content (AvgIpc) is 2.66. The molecule has 0 radical (unpaired) electrons. The van der Waals surface area contributed by atoms with Gasteiger partial charge < -0.3 is 9.42 Å². The van der Waals surface area contributed by atoms with Crippen molar-refractivity contribution >= 4 is 6.08 Å². The molecule has 0 amide bonds. The van der Waals surface area contributed by atoms with E-state index in [9.17, 15) is 0 Å². The Labute approximate surface area is 102 Å². The molecular formula is C14H20N2O. The van der Waals surface area contributed by atoms with Crippen LogP contribution >= 0.6 is 0 Å². The van der Waals surface area contributed by atoms with Gasteiger partial charge in [0.2, 0.25) is 0 Å². The summed E-state index contributed by atoms with van der Waals surface area (Å²) in [6.45, 7) is 2.61. The number of hydrogen-bond donors (Lipinski definition) is 0. The molecule has 3 atom stereocenters. The first-order chi connectivity index (χ1) is 8.42. The van der Waals surface area contributed by atoms with E-state index in [1.54, 1.807) is 6.20 Å². The van der Waals surface area contributed by atoms with Gasteiger partial charge in [-0.1, -0.05) is 11.2 Å². The normalized spacial score (nSPS) is 33.1. The quantitative estimate of drug-likeness (QED) is 0.802. The van der Waals surface area contributed by atoms with Crippen LogP contribution in [0.2, 0.25) is 0 Å². The van der Waals surface area contributed by atoms with Gasteiger partial charge in [-0.2, -0.15) is 0 Å². The van der Waals surface area contributed by atoms with Crippen molar-refractivity contribution in [1.29, 1.82) is 0 Å². The molecule has 4 heterocycles. The summed E-state index contributed by atoms with van der Waals surface area (Å²) < 4.78 is 5.06. The molecule has 3 saturated heterocycles. The molecule has 1 aromatic heterocycles. The van der Waals surface area contributed by atoms with Crippen molar-refractivity contribution in [2.75, 3.05) is 13.1 Å². The third-order valence-corrected chi connectivity index (χ3v) is 4.15. The Kier molecular flexibility index (Phi) is 3.27. The molecule has 2 bridgehead atoms. The smallest absolute Gasteiger partial charge is 0.159 e. The van der Waals surface area contributed by atoms with E-state index in [2.05, 4.69) is 16.1 Å². The molecule has 3 unspecified atom stereocenters. The van der Waals surface area contributed by atoms with E-state index in [4.69, 9.17) is 4.52 Å². The molecule has 0 aromatic carbocycles. The van der Waals surface area contributed by atoms with Crippen LogP contribution in [0, 0.1) is 5.92 Å². The summed E-state index contributed by atoms with van der Waals surface area (Å²) in [6, 6.07) is 2.66. The van der Waals surface area contributed by atoms with E-state index < -0.39 is 0 Å². The van der Waals surface area contributed by atoms with E-state index in [1.165, 1.54) is 38.8 Å². The summed E-state index contributed by atoms with van der Waals surface area (Å²) in [6.07, 6.45) is 12.8. The van der Waals surface area contributed by atoms with Crippen LogP contribution in [0.25, 0.3) is 6.08 Å². The first-order valence-corrected chi connectivity index (χ1v) is 6.73. The van der Waals surface area contributed by atoms with Gasteiger partial charge in [-0.25, -0.2) is 0 Å². The molecule has 92 valence electrons. The zero-order valence-corrected chi connectivity index (χ0v) is 10.2. The Bertz CT molecular complexity index is 368. The first-order valence-electron chi connectivity index (χ1n) is 6.73. The lowest BCUT2D eigenvalue weighted by atomic mass is 9.89. The highest BCUT2D eigenvalue weighted by Crippen LogP contribution is 2.32. The van der Waals surface area contributed by atoms with Gasteiger partial charge in [0, 0.05) is 12.1 Å². The van der Waals surface area contributed by atoms with Gasteiger partial charge in [-0.3, -0.25) is 0 Å². The van der Waals surface area contributed by atoms with Crippen LogP contribution in [0.3, 0.4) is 0 Å². The number of hydrogen-bond acceptors (Lipinski definition) is 3. The highest BCUT2D eigenvalue weighted by molar-refractivity contribution is 5.41. The Balaban J connectivity index is 1.58. The Morgan fingerprint density at radius 3 is 3.29 bits per heavy atom. The second-order valence-corrected chi connectivity index (χ2v) is 5.28. The summed E-state index contributed by atoms with van der Waals surface area (Å²) in [5.41, 5.74) is 0. The molecule has 17 heavy (non-hydrogen) atoms. The van der Waals surface area contributed by atoms with Crippen LogP contribution in [-0.4, -0.2) is 29.2 Å². The topological polar surface area (TPSA) is 29.3 Å². The molecule has 3 aliphatic rings. The minimum absolute atomic E-state index is 0.760. The summed E-state index contributed by atoms with van der Waals surface area (Å²) in [5, 5.41) is 3.70. The molecule has 0 saturated carbocycles. The van der Waals surface area contributed by atoms with Gasteiger partial charge in [0.1, 0.15) is 0 Å². The third-order valence-electron chi connectivity index (χ3n) is 4.15. The Morgan fingerprint density at radius 1 is 1.41 bits per heavy atom. The van der Waals surface area contributed by atoms with Crippen molar-refractivity contribution in [1.82, 2.24) is 10.1 Å². The third kappa shape index (κ3) is 2.60. The zero-order valence-electron chi connectivity index (χ0n) is 10.2. The number of aromatic nitrogens is 1. The SMILES string of the molecule is C(=C/c1ccno1)/CC1CC2CCCN1CC2. The van der Waals surface area contributed by atoms with Crippen LogP contribution in [0.5, 0.6) is 0 Å². The molecule has 3 aliphatic heterocycles. The lowest BCUT2D eigenvalue weighted by Crippen LogP contribution is -2.39. The average molecular weight is 232 g/mol. The van der Waals surface area contributed by atoms with Crippen LogP contribution < -0.4 is 0 Å². The Hall–Kier alpha value is -1.09. The molecule has 0 spiro atoms. The summed E-state index contributed by atoms with van der Waals surface area (Å²) >= 11 is 0. The lowest BCUT2D eigenvalue weighted by molar-refractivity contribution is 0.144. The van der Waals surface area contributed by atoms with Crippen molar-refractivity contribution in [3.63, 3.8) is 0 Å². The molecular weight excluding hydrogens is 212 g/mol. The molecule has 3 nitrogen and oxygen atoms in total. The van der Waals surface area contributed by atoms with Gasteiger partial charge in [-0.05, 0) is 57.2 Å². The lowest BCUT2D eigenvalue weighted by Gasteiger charge is -2.35. The fourth-order valence-corrected chi connectivity index (χ4v) is 3.22. The second kappa shape index (κ2) is 5.05. The molecule has 0 N–H and O–H groups in total. The van der Waals surface area contributed by atoms with Gasteiger partial charge in [-0.15, -0.1) is 0 Å². The highest BCUT2D eigenvalue weighted by atomic mass is 16.5. The van der Waals surface area contributed by atoms with Gasteiger partial charge in [0.05, 0.1) is 6.20 Å². The molecule has 1 aromatic rings. The first kappa shape index (κ1) is 11.0. The molecule has 4 rings (SSSR count). The largest absolute Gasteiger partial charge is 0.357 e. The molecule has 3 fully saturated rings. The summed E-state index contributed by atoms with van der Waals surface area (Å²) in [7, 11) is 0.